The van der Waals surface area contributed by atoms with Gasteiger partial charge >= 0.3 is 0 Å². The number of hydrogen-bond donors (Lipinski definition) is 3. The van der Waals surface area contributed by atoms with E-state index in [-0.39, 0.29) is 18.2 Å². The Morgan fingerprint density at radius 2 is 1.96 bits per heavy atom. The van der Waals surface area contributed by atoms with Crippen LogP contribution in [0.3, 0.4) is 0 Å². The lowest BCUT2D eigenvalue weighted by molar-refractivity contribution is -0.124. The molecular weight excluding hydrogens is 360 g/mol. The van der Waals surface area contributed by atoms with Gasteiger partial charge in [-0.1, -0.05) is 6.42 Å². The van der Waals surface area contributed by atoms with Crippen LogP contribution in [0.15, 0.2) is 11.8 Å². The fourth-order valence-electron chi connectivity index (χ4n) is 3.51. The molecule has 2 aliphatic heterocycles. The Bertz CT molecular complexity index is 971. The molecule has 0 aromatic carbocycles. The third-order valence-corrected chi connectivity index (χ3v) is 5.15. The minimum absolute atomic E-state index is 0.0767. The highest BCUT2D eigenvalue weighted by atomic mass is 16.2. The van der Waals surface area contributed by atoms with Crippen LogP contribution < -0.4 is 16.1 Å². The number of hydrogen-bond acceptors (Lipinski definition) is 8. The van der Waals surface area contributed by atoms with Crippen LogP contribution in [-0.2, 0) is 9.59 Å². The van der Waals surface area contributed by atoms with Gasteiger partial charge in [-0.05, 0) is 31.8 Å². The Morgan fingerprint density at radius 3 is 2.68 bits per heavy atom. The summed E-state index contributed by atoms with van der Waals surface area (Å²) in [6.45, 7) is 1.91. The number of fused-ring (bicyclic) bond motifs is 1. The Balaban J connectivity index is 1.52. The molecule has 10 nitrogen and oxygen atoms in total. The lowest BCUT2D eigenvalue weighted by atomic mass is 10.1. The van der Waals surface area contributed by atoms with Crippen LogP contribution in [0.2, 0.25) is 0 Å². The number of amides is 2. The number of nitrogens with one attached hydrogen (secondary N) is 3. The van der Waals surface area contributed by atoms with E-state index in [0.717, 1.165) is 38.8 Å². The number of imide groups is 1. The lowest BCUT2D eigenvalue weighted by Crippen LogP contribution is -2.35. The highest BCUT2D eigenvalue weighted by molar-refractivity contribution is 6.15. The maximum atomic E-state index is 11.9. The van der Waals surface area contributed by atoms with Crippen molar-refractivity contribution >= 4 is 35.4 Å². The first-order valence-corrected chi connectivity index (χ1v) is 9.74. The highest BCUT2D eigenvalue weighted by Crippen LogP contribution is 2.26. The van der Waals surface area contributed by atoms with Crippen LogP contribution in [0, 0.1) is 0 Å². The Kier molecular flexibility index (Phi) is 4.19. The van der Waals surface area contributed by atoms with Crippen molar-refractivity contribution in [2.75, 3.05) is 23.8 Å². The molecule has 4 heterocycles. The molecule has 146 valence electrons. The molecule has 10 heteroatoms. The highest BCUT2D eigenvalue weighted by Gasteiger charge is 2.26. The molecule has 0 bridgehead atoms. The SMILES string of the molecule is O=C1C/C(=C\c2cnn3c(NC4CC4)nc(NN4CCCCC4)nc23)C(=O)N1. The maximum Gasteiger partial charge on any atom is 0.254 e. The van der Waals surface area contributed by atoms with Gasteiger partial charge in [0.25, 0.3) is 5.91 Å². The predicted molar refractivity (Wildman–Crippen MR) is 102 cm³/mol. The van der Waals surface area contributed by atoms with E-state index in [1.165, 1.54) is 6.42 Å². The van der Waals surface area contributed by atoms with Crippen molar-refractivity contribution in [3.05, 3.63) is 17.3 Å². The first-order valence-electron chi connectivity index (χ1n) is 9.74. The van der Waals surface area contributed by atoms with Crippen LogP contribution in [0.5, 0.6) is 0 Å². The first-order chi connectivity index (χ1) is 13.7. The zero-order valence-electron chi connectivity index (χ0n) is 15.4. The van der Waals surface area contributed by atoms with Crippen molar-refractivity contribution in [2.24, 2.45) is 0 Å². The van der Waals surface area contributed by atoms with Crippen LogP contribution in [-0.4, -0.2) is 55.5 Å². The molecule has 2 aromatic heterocycles. The van der Waals surface area contributed by atoms with E-state index in [2.05, 4.69) is 36.1 Å². The molecular formula is C18H22N8O2. The second kappa shape index (κ2) is 6.86. The standard InChI is InChI=1S/C18H22N8O2/c27-14-9-11(16(28)21-14)8-12-10-19-26-15(12)22-17(23-18(26)20-13-4-5-13)24-25-6-2-1-3-7-25/h8,10,13H,1-7,9H2,(H,21,27,28)(H2,20,22,23,24)/b11-8+. The molecule has 0 radical (unpaired) electrons. The van der Waals surface area contributed by atoms with Gasteiger partial charge in [0, 0.05) is 30.3 Å². The van der Waals surface area contributed by atoms with E-state index in [9.17, 15) is 9.59 Å². The van der Waals surface area contributed by atoms with Gasteiger partial charge in [-0.2, -0.15) is 19.6 Å². The molecule has 1 aliphatic carbocycles. The number of aromatic nitrogens is 4. The molecule has 1 saturated carbocycles. The van der Waals surface area contributed by atoms with Gasteiger partial charge in [0.15, 0.2) is 5.65 Å². The minimum atomic E-state index is -0.360. The quantitative estimate of drug-likeness (QED) is 0.517. The number of carbonyl (C=O) groups is 2. The third-order valence-electron chi connectivity index (χ3n) is 5.15. The van der Waals surface area contributed by atoms with E-state index in [1.807, 2.05) is 0 Å². The Labute approximate surface area is 161 Å². The monoisotopic (exact) mass is 382 g/mol. The summed E-state index contributed by atoms with van der Waals surface area (Å²) in [5, 5.41) is 12.2. The molecule has 2 aromatic rings. The average Bonchev–Trinajstić information content (AvgIpc) is 3.32. The van der Waals surface area contributed by atoms with Gasteiger partial charge in [-0.25, -0.2) is 5.01 Å². The van der Waals surface area contributed by atoms with Crippen molar-refractivity contribution in [3.63, 3.8) is 0 Å². The third kappa shape index (κ3) is 3.42. The normalized spacial score (nSPS) is 22.1. The lowest BCUT2D eigenvalue weighted by Gasteiger charge is -2.26. The number of rotatable bonds is 5. The second-order valence-electron chi connectivity index (χ2n) is 7.51. The Morgan fingerprint density at radius 1 is 1.14 bits per heavy atom. The summed E-state index contributed by atoms with van der Waals surface area (Å²) in [6, 6.07) is 0.408. The van der Waals surface area contributed by atoms with Crippen molar-refractivity contribution in [3.8, 4) is 0 Å². The molecule has 3 aliphatic rings. The van der Waals surface area contributed by atoms with Crippen molar-refractivity contribution < 1.29 is 9.59 Å². The van der Waals surface area contributed by atoms with Gasteiger partial charge in [-0.15, -0.1) is 0 Å². The summed E-state index contributed by atoms with van der Waals surface area (Å²) in [4.78, 5) is 32.6. The summed E-state index contributed by atoms with van der Waals surface area (Å²) in [5.74, 6) is 0.487. The van der Waals surface area contributed by atoms with Gasteiger partial charge < -0.3 is 5.32 Å². The van der Waals surface area contributed by atoms with E-state index in [1.54, 1.807) is 16.8 Å². The zero-order chi connectivity index (χ0) is 19.1. The van der Waals surface area contributed by atoms with E-state index in [4.69, 9.17) is 0 Å². The number of nitrogens with zero attached hydrogens (tertiary/aromatic N) is 5. The summed E-state index contributed by atoms with van der Waals surface area (Å²) >= 11 is 0. The van der Waals surface area contributed by atoms with Gasteiger partial charge in [0.1, 0.15) is 0 Å². The summed E-state index contributed by atoms with van der Waals surface area (Å²) in [6.07, 6.45) is 9.17. The number of piperidine rings is 1. The Hall–Kier alpha value is -3.01. The van der Waals surface area contributed by atoms with Crippen molar-refractivity contribution in [1.82, 2.24) is 29.9 Å². The van der Waals surface area contributed by atoms with Crippen molar-refractivity contribution in [2.45, 2.75) is 44.6 Å². The zero-order valence-corrected chi connectivity index (χ0v) is 15.4. The van der Waals surface area contributed by atoms with E-state index in [0.29, 0.717) is 34.7 Å². The molecule has 0 spiro atoms. The van der Waals surface area contributed by atoms with Crippen LogP contribution >= 0.6 is 0 Å². The fraction of sp³-hybridized carbons (Fsp3) is 0.500. The summed E-state index contributed by atoms with van der Waals surface area (Å²) in [5.41, 5.74) is 5.00. The molecule has 0 atom stereocenters. The van der Waals surface area contributed by atoms with E-state index < -0.39 is 0 Å². The van der Waals surface area contributed by atoms with Crippen LogP contribution in [0.4, 0.5) is 11.9 Å². The molecule has 0 unspecified atom stereocenters. The predicted octanol–water partition coefficient (Wildman–Crippen LogP) is 0.941. The minimum Gasteiger partial charge on any atom is -0.351 e. The molecule has 2 amide bonds. The van der Waals surface area contributed by atoms with E-state index >= 15 is 0 Å². The largest absolute Gasteiger partial charge is 0.351 e. The fourth-order valence-corrected chi connectivity index (χ4v) is 3.51. The van der Waals surface area contributed by atoms with Gasteiger partial charge in [-0.3, -0.25) is 20.3 Å². The van der Waals surface area contributed by atoms with Gasteiger partial charge in [0.05, 0.1) is 12.6 Å². The number of anilines is 2. The van der Waals surface area contributed by atoms with Gasteiger partial charge in [0.2, 0.25) is 17.8 Å². The average molecular weight is 382 g/mol. The molecule has 3 fully saturated rings. The second-order valence-corrected chi connectivity index (χ2v) is 7.51. The maximum absolute atomic E-state index is 11.9. The summed E-state index contributed by atoms with van der Waals surface area (Å²) < 4.78 is 1.65. The van der Waals surface area contributed by atoms with Crippen LogP contribution in [0.1, 0.15) is 44.1 Å². The molecule has 5 rings (SSSR count). The topological polar surface area (TPSA) is 117 Å². The number of hydrazine groups is 1. The van der Waals surface area contributed by atoms with Crippen molar-refractivity contribution in [1.29, 1.82) is 0 Å². The summed E-state index contributed by atoms with van der Waals surface area (Å²) in [7, 11) is 0. The number of carbonyl (C=O) groups excluding carboxylic acids is 2. The molecule has 3 N–H and O–H groups in total. The van der Waals surface area contributed by atoms with Crippen LogP contribution in [0.25, 0.3) is 11.7 Å². The molecule has 2 saturated heterocycles. The molecule has 28 heavy (non-hydrogen) atoms. The smallest absolute Gasteiger partial charge is 0.254 e. The first kappa shape index (κ1) is 17.1.